The molecule has 0 aromatic carbocycles. The third-order valence-electron chi connectivity index (χ3n) is 8.97. The number of hydrogen-bond acceptors (Lipinski definition) is 6. The van der Waals surface area contributed by atoms with Crippen LogP contribution < -0.4 is 0 Å². The van der Waals surface area contributed by atoms with E-state index in [0.29, 0.717) is 19.3 Å². The third-order valence-corrected chi connectivity index (χ3v) is 8.97. The van der Waals surface area contributed by atoms with Gasteiger partial charge in [-0.3, -0.25) is 14.4 Å². The molecule has 0 aliphatic heterocycles. The van der Waals surface area contributed by atoms with E-state index in [2.05, 4.69) is 34.6 Å². The second kappa shape index (κ2) is 34.3. The molecule has 0 heterocycles. The minimum absolute atomic E-state index is 0.0671. The summed E-state index contributed by atoms with van der Waals surface area (Å²) < 4.78 is 16.5. The van der Waals surface area contributed by atoms with Crippen molar-refractivity contribution in [3.05, 3.63) is 0 Å². The molecule has 6 nitrogen and oxygen atoms in total. The Morgan fingerprint density at radius 3 is 1.04 bits per heavy atom. The van der Waals surface area contributed by atoms with Crippen LogP contribution in [0.1, 0.15) is 214 Å². The number of unbranched alkanes of at least 4 members (excludes halogenated alkanes) is 20. The maximum absolute atomic E-state index is 12.6. The molecule has 0 saturated heterocycles. The number of carbonyl (C=O) groups excluding carboxylic acids is 3. The summed E-state index contributed by atoms with van der Waals surface area (Å²) >= 11 is 0. The molecular formula is C41H78O6. The van der Waals surface area contributed by atoms with E-state index in [1.807, 2.05) is 0 Å². The average Bonchev–Trinajstić information content (AvgIpc) is 3.03. The standard InChI is InChI=1S/C41H78O6/c1-6-7-8-19-26-31-39(42)45-34-38(47-41(44)33-28-23-18-14-13-16-21-25-30-37(4)5)35-46-40(43)32-27-22-17-12-10-9-11-15-20-24-29-36(2)3/h36-38H,6-35H2,1-5H3/t38-/m1/s1. The zero-order chi connectivity index (χ0) is 34.8. The zero-order valence-corrected chi connectivity index (χ0v) is 31.9. The molecule has 0 radical (unpaired) electrons. The highest BCUT2D eigenvalue weighted by molar-refractivity contribution is 5.71. The van der Waals surface area contributed by atoms with Crippen molar-refractivity contribution in [1.82, 2.24) is 0 Å². The van der Waals surface area contributed by atoms with Crippen LogP contribution in [0.5, 0.6) is 0 Å². The second-order valence-electron chi connectivity index (χ2n) is 14.9. The van der Waals surface area contributed by atoms with E-state index in [4.69, 9.17) is 14.2 Å². The van der Waals surface area contributed by atoms with Gasteiger partial charge in [-0.2, -0.15) is 0 Å². The van der Waals surface area contributed by atoms with E-state index < -0.39 is 6.10 Å². The van der Waals surface area contributed by atoms with Gasteiger partial charge in [-0.1, -0.05) is 176 Å². The van der Waals surface area contributed by atoms with Gasteiger partial charge in [0.15, 0.2) is 6.10 Å². The molecule has 0 saturated carbocycles. The first-order chi connectivity index (χ1) is 22.7. The predicted molar refractivity (Wildman–Crippen MR) is 196 cm³/mol. The van der Waals surface area contributed by atoms with Crippen molar-refractivity contribution < 1.29 is 28.6 Å². The molecule has 0 unspecified atom stereocenters. The molecule has 0 amide bonds. The van der Waals surface area contributed by atoms with E-state index in [1.165, 1.54) is 96.3 Å². The Morgan fingerprint density at radius 2 is 0.702 bits per heavy atom. The summed E-state index contributed by atoms with van der Waals surface area (Å²) in [4.78, 5) is 37.3. The molecule has 278 valence electrons. The van der Waals surface area contributed by atoms with Gasteiger partial charge in [0.25, 0.3) is 0 Å². The maximum Gasteiger partial charge on any atom is 0.306 e. The molecule has 0 aromatic rings. The molecule has 0 bridgehead atoms. The van der Waals surface area contributed by atoms with Crippen LogP contribution in [0.3, 0.4) is 0 Å². The van der Waals surface area contributed by atoms with Crippen LogP contribution in [0.2, 0.25) is 0 Å². The molecule has 0 N–H and O–H groups in total. The molecule has 47 heavy (non-hydrogen) atoms. The van der Waals surface area contributed by atoms with Crippen molar-refractivity contribution in [3.8, 4) is 0 Å². The van der Waals surface area contributed by atoms with Crippen LogP contribution in [-0.4, -0.2) is 37.2 Å². The van der Waals surface area contributed by atoms with Crippen LogP contribution in [0.4, 0.5) is 0 Å². The summed E-state index contributed by atoms with van der Waals surface area (Å²) in [5.41, 5.74) is 0. The lowest BCUT2D eigenvalue weighted by Crippen LogP contribution is -2.30. The summed E-state index contributed by atoms with van der Waals surface area (Å²) in [6, 6.07) is 0. The SMILES string of the molecule is CCCCCCCC(=O)OC[C@H](COC(=O)CCCCCCCCCCCCC(C)C)OC(=O)CCCCCCCCCCC(C)C. The number of rotatable bonds is 35. The summed E-state index contributed by atoms with van der Waals surface area (Å²) in [5.74, 6) is 0.732. The summed E-state index contributed by atoms with van der Waals surface area (Å²) in [6.07, 6.45) is 29.8. The molecule has 0 aliphatic carbocycles. The number of hydrogen-bond donors (Lipinski definition) is 0. The highest BCUT2D eigenvalue weighted by Gasteiger charge is 2.19. The van der Waals surface area contributed by atoms with E-state index in [-0.39, 0.29) is 31.1 Å². The summed E-state index contributed by atoms with van der Waals surface area (Å²) in [6.45, 7) is 11.2. The predicted octanol–water partition coefficient (Wildman–Crippen LogP) is 12.2. The molecule has 1 atom stereocenters. The highest BCUT2D eigenvalue weighted by atomic mass is 16.6. The van der Waals surface area contributed by atoms with E-state index in [9.17, 15) is 14.4 Å². The first-order valence-electron chi connectivity index (χ1n) is 20.2. The van der Waals surface area contributed by atoms with Crippen molar-refractivity contribution in [2.75, 3.05) is 13.2 Å². The molecule has 0 spiro atoms. The van der Waals surface area contributed by atoms with Gasteiger partial charge in [0, 0.05) is 19.3 Å². The van der Waals surface area contributed by atoms with Crippen molar-refractivity contribution in [1.29, 1.82) is 0 Å². The van der Waals surface area contributed by atoms with E-state index in [0.717, 1.165) is 76.0 Å². The number of esters is 3. The van der Waals surface area contributed by atoms with Crippen molar-refractivity contribution in [2.24, 2.45) is 11.8 Å². The molecule has 0 aromatic heterocycles. The monoisotopic (exact) mass is 667 g/mol. The Bertz CT molecular complexity index is 719. The summed E-state index contributed by atoms with van der Waals surface area (Å²) in [5, 5.41) is 0. The molecule has 0 aliphatic rings. The maximum atomic E-state index is 12.6. The van der Waals surface area contributed by atoms with Gasteiger partial charge in [0.1, 0.15) is 13.2 Å². The fourth-order valence-electron chi connectivity index (χ4n) is 5.87. The quantitative estimate of drug-likeness (QED) is 0.0380. The van der Waals surface area contributed by atoms with Crippen LogP contribution in [0, 0.1) is 11.8 Å². The minimum atomic E-state index is -0.758. The lowest BCUT2D eigenvalue weighted by molar-refractivity contribution is -0.167. The fourth-order valence-corrected chi connectivity index (χ4v) is 5.87. The van der Waals surface area contributed by atoms with Crippen LogP contribution >= 0.6 is 0 Å². The number of ether oxygens (including phenoxy) is 3. The average molecular weight is 667 g/mol. The Morgan fingerprint density at radius 1 is 0.404 bits per heavy atom. The molecular weight excluding hydrogens is 588 g/mol. The Labute approximate surface area is 291 Å². The van der Waals surface area contributed by atoms with Crippen molar-refractivity contribution in [3.63, 3.8) is 0 Å². The summed E-state index contributed by atoms with van der Waals surface area (Å²) in [7, 11) is 0. The van der Waals surface area contributed by atoms with Gasteiger partial charge in [0.2, 0.25) is 0 Å². The van der Waals surface area contributed by atoms with Crippen molar-refractivity contribution >= 4 is 17.9 Å². The normalized spacial score (nSPS) is 12.1. The van der Waals surface area contributed by atoms with Gasteiger partial charge in [-0.05, 0) is 31.1 Å². The smallest absolute Gasteiger partial charge is 0.306 e. The first kappa shape index (κ1) is 45.4. The Kier molecular flexibility index (Phi) is 33.1. The lowest BCUT2D eigenvalue weighted by Gasteiger charge is -2.18. The fraction of sp³-hybridized carbons (Fsp3) is 0.927. The largest absolute Gasteiger partial charge is 0.462 e. The zero-order valence-electron chi connectivity index (χ0n) is 31.9. The van der Waals surface area contributed by atoms with Gasteiger partial charge >= 0.3 is 17.9 Å². The lowest BCUT2D eigenvalue weighted by atomic mass is 10.0. The minimum Gasteiger partial charge on any atom is -0.462 e. The molecule has 6 heteroatoms. The van der Waals surface area contributed by atoms with Crippen LogP contribution in [0.25, 0.3) is 0 Å². The number of carbonyl (C=O) groups is 3. The van der Waals surface area contributed by atoms with Crippen LogP contribution in [0.15, 0.2) is 0 Å². The van der Waals surface area contributed by atoms with Gasteiger partial charge in [-0.25, -0.2) is 0 Å². The highest BCUT2D eigenvalue weighted by Crippen LogP contribution is 2.16. The second-order valence-corrected chi connectivity index (χ2v) is 14.9. The van der Waals surface area contributed by atoms with Crippen molar-refractivity contribution in [2.45, 2.75) is 221 Å². The third kappa shape index (κ3) is 35.5. The Hall–Kier alpha value is -1.59. The Balaban J connectivity index is 4.25. The first-order valence-corrected chi connectivity index (χ1v) is 20.2. The van der Waals surface area contributed by atoms with E-state index >= 15 is 0 Å². The topological polar surface area (TPSA) is 78.9 Å². The van der Waals surface area contributed by atoms with Gasteiger partial charge in [-0.15, -0.1) is 0 Å². The van der Waals surface area contributed by atoms with E-state index in [1.54, 1.807) is 0 Å². The van der Waals surface area contributed by atoms with Crippen LogP contribution in [-0.2, 0) is 28.6 Å². The van der Waals surface area contributed by atoms with Gasteiger partial charge < -0.3 is 14.2 Å². The molecule has 0 fully saturated rings. The molecule has 0 rings (SSSR count). The van der Waals surface area contributed by atoms with Gasteiger partial charge in [0.05, 0.1) is 0 Å².